The maximum atomic E-state index is 12.1. The van der Waals surface area contributed by atoms with Crippen LogP contribution < -0.4 is 5.32 Å². The largest absolute Gasteiger partial charge is 0.411 e. The minimum absolute atomic E-state index is 0.0702. The molecule has 1 heterocycles. The minimum atomic E-state index is -4.31. The monoisotopic (exact) mass is 344 g/mol. The zero-order valence-electron chi connectivity index (χ0n) is 13.7. The van der Waals surface area contributed by atoms with Crippen molar-refractivity contribution in [2.75, 3.05) is 19.7 Å². The van der Waals surface area contributed by atoms with Crippen molar-refractivity contribution in [1.29, 1.82) is 0 Å². The zero-order chi connectivity index (χ0) is 17.6. The fourth-order valence-corrected chi connectivity index (χ4v) is 2.70. The van der Waals surface area contributed by atoms with E-state index < -0.39 is 12.8 Å². The van der Waals surface area contributed by atoms with Gasteiger partial charge in [0, 0.05) is 19.6 Å². The van der Waals surface area contributed by atoms with Crippen molar-refractivity contribution >= 4 is 6.03 Å². The second kappa shape index (κ2) is 8.37. The molecule has 1 aromatic rings. The number of carbonyl (C=O) groups excluding carboxylic acids is 1. The zero-order valence-corrected chi connectivity index (χ0v) is 13.7. The molecule has 1 atom stereocenters. The number of piperidine rings is 1. The third kappa shape index (κ3) is 6.39. The summed E-state index contributed by atoms with van der Waals surface area (Å²) in [4.78, 5) is 13.9. The highest BCUT2D eigenvalue weighted by atomic mass is 19.4. The van der Waals surface area contributed by atoms with E-state index in [0.717, 1.165) is 31.5 Å². The van der Waals surface area contributed by atoms with E-state index >= 15 is 0 Å². The lowest BCUT2D eigenvalue weighted by molar-refractivity contribution is -0.176. The predicted octanol–water partition coefficient (Wildman–Crippen LogP) is 3.71. The van der Waals surface area contributed by atoms with Crippen molar-refractivity contribution in [3.63, 3.8) is 0 Å². The summed E-state index contributed by atoms with van der Waals surface area (Å²) in [5.41, 5.74) is 1.56. The normalized spacial score (nSPS) is 18.5. The van der Waals surface area contributed by atoms with Crippen molar-refractivity contribution in [1.82, 2.24) is 10.2 Å². The first kappa shape index (κ1) is 18.6. The highest BCUT2D eigenvalue weighted by molar-refractivity contribution is 5.74. The van der Waals surface area contributed by atoms with Crippen LogP contribution in [0, 0.1) is 5.92 Å². The molecule has 2 rings (SSSR count). The Morgan fingerprint density at radius 2 is 1.96 bits per heavy atom. The molecular weight excluding hydrogens is 321 g/mol. The Morgan fingerprint density at radius 1 is 1.29 bits per heavy atom. The number of nitrogens with one attached hydrogen (secondary N) is 1. The summed E-state index contributed by atoms with van der Waals surface area (Å²) in [7, 11) is 0. The van der Waals surface area contributed by atoms with Gasteiger partial charge in [-0.05, 0) is 29.9 Å². The molecule has 1 aromatic carbocycles. The molecule has 134 valence electrons. The maximum absolute atomic E-state index is 12.1. The maximum Gasteiger partial charge on any atom is 0.411 e. The molecule has 0 saturated carbocycles. The molecule has 0 radical (unpaired) electrons. The van der Waals surface area contributed by atoms with Crippen LogP contribution in [-0.2, 0) is 17.9 Å². The minimum Gasteiger partial charge on any atom is -0.367 e. The van der Waals surface area contributed by atoms with E-state index in [2.05, 4.69) is 17.0 Å². The molecular formula is C17H23F3N2O2. The molecule has 1 aliphatic rings. The van der Waals surface area contributed by atoms with Gasteiger partial charge < -0.3 is 15.0 Å². The van der Waals surface area contributed by atoms with Crippen LogP contribution in [0.2, 0.25) is 0 Å². The Bertz CT molecular complexity index is 532. The summed E-state index contributed by atoms with van der Waals surface area (Å²) in [5, 5.41) is 2.88. The Balaban J connectivity index is 1.74. The van der Waals surface area contributed by atoms with E-state index in [-0.39, 0.29) is 12.6 Å². The summed E-state index contributed by atoms with van der Waals surface area (Å²) >= 11 is 0. The summed E-state index contributed by atoms with van der Waals surface area (Å²) in [6.07, 6.45) is -2.13. The van der Waals surface area contributed by atoms with E-state index in [0.29, 0.717) is 18.0 Å². The molecule has 4 nitrogen and oxygen atoms in total. The van der Waals surface area contributed by atoms with Crippen molar-refractivity contribution in [2.45, 2.75) is 39.1 Å². The van der Waals surface area contributed by atoms with Gasteiger partial charge in [-0.25, -0.2) is 4.79 Å². The number of halogens is 3. The lowest BCUT2D eigenvalue weighted by Gasteiger charge is -2.30. The van der Waals surface area contributed by atoms with Crippen molar-refractivity contribution in [2.24, 2.45) is 5.92 Å². The van der Waals surface area contributed by atoms with Crippen LogP contribution in [0.3, 0.4) is 0 Å². The number of nitrogens with zero attached hydrogens (tertiary/aromatic N) is 1. The number of alkyl halides is 3. The lowest BCUT2D eigenvalue weighted by atomic mass is 10.0. The predicted molar refractivity (Wildman–Crippen MR) is 84.4 cm³/mol. The molecule has 1 aliphatic heterocycles. The van der Waals surface area contributed by atoms with E-state index in [1.807, 2.05) is 4.90 Å². The molecule has 0 spiro atoms. The summed E-state index contributed by atoms with van der Waals surface area (Å²) in [6.45, 7) is 2.76. The number of amides is 2. The average molecular weight is 344 g/mol. The molecule has 1 unspecified atom stereocenters. The van der Waals surface area contributed by atoms with Crippen molar-refractivity contribution in [3.8, 4) is 0 Å². The van der Waals surface area contributed by atoms with Gasteiger partial charge in [-0.3, -0.25) is 0 Å². The molecule has 0 bridgehead atoms. The van der Waals surface area contributed by atoms with E-state index in [4.69, 9.17) is 0 Å². The number of likely N-dealkylation sites (tertiary alicyclic amines) is 1. The van der Waals surface area contributed by atoms with Crippen LogP contribution >= 0.6 is 0 Å². The molecule has 1 fully saturated rings. The van der Waals surface area contributed by atoms with Crippen molar-refractivity contribution in [3.05, 3.63) is 35.4 Å². The Morgan fingerprint density at radius 3 is 2.58 bits per heavy atom. The van der Waals surface area contributed by atoms with Gasteiger partial charge in [0.25, 0.3) is 0 Å². The van der Waals surface area contributed by atoms with E-state index in [9.17, 15) is 18.0 Å². The van der Waals surface area contributed by atoms with E-state index in [1.165, 1.54) is 0 Å². The number of hydrogen-bond donors (Lipinski definition) is 1. The number of benzene rings is 1. The van der Waals surface area contributed by atoms with Crippen LogP contribution in [0.25, 0.3) is 0 Å². The highest BCUT2D eigenvalue weighted by Gasteiger charge is 2.27. The van der Waals surface area contributed by atoms with Crippen LogP contribution in [0.1, 0.15) is 30.9 Å². The van der Waals surface area contributed by atoms with Gasteiger partial charge in [-0.2, -0.15) is 13.2 Å². The lowest BCUT2D eigenvalue weighted by Crippen LogP contribution is -2.44. The average Bonchev–Trinajstić information content (AvgIpc) is 2.52. The number of urea groups is 1. The quantitative estimate of drug-likeness (QED) is 0.885. The second-order valence-corrected chi connectivity index (χ2v) is 6.28. The van der Waals surface area contributed by atoms with E-state index in [1.54, 1.807) is 24.3 Å². The highest BCUT2D eigenvalue weighted by Crippen LogP contribution is 2.16. The van der Waals surface area contributed by atoms with Crippen molar-refractivity contribution < 1.29 is 22.7 Å². The van der Waals surface area contributed by atoms with Gasteiger partial charge in [0.2, 0.25) is 0 Å². The van der Waals surface area contributed by atoms with Gasteiger partial charge in [0.15, 0.2) is 0 Å². The summed E-state index contributed by atoms with van der Waals surface area (Å²) in [5.74, 6) is 0.528. The van der Waals surface area contributed by atoms with Gasteiger partial charge in [-0.1, -0.05) is 31.2 Å². The Labute approximate surface area is 140 Å². The molecule has 7 heteroatoms. The van der Waals surface area contributed by atoms with Gasteiger partial charge in [-0.15, -0.1) is 0 Å². The van der Waals surface area contributed by atoms with Gasteiger partial charge in [0.05, 0.1) is 6.61 Å². The third-order valence-electron chi connectivity index (χ3n) is 3.95. The van der Waals surface area contributed by atoms with Crippen LogP contribution in [-0.4, -0.2) is 36.8 Å². The SMILES string of the molecule is CC1CCCN(C(=O)NCc2ccc(COCC(F)(F)F)cc2)C1. The standard InChI is InChI=1S/C17H23F3N2O2/c1-13-3-2-8-22(10-13)16(23)21-9-14-4-6-15(7-5-14)11-24-12-17(18,19)20/h4-7,13H,2-3,8-12H2,1H3,(H,21,23). The summed E-state index contributed by atoms with van der Waals surface area (Å²) in [6, 6.07) is 6.91. The molecule has 2 amide bonds. The fourth-order valence-electron chi connectivity index (χ4n) is 2.70. The van der Waals surface area contributed by atoms with Crippen LogP contribution in [0.4, 0.5) is 18.0 Å². The fraction of sp³-hybridized carbons (Fsp3) is 0.588. The molecule has 1 N–H and O–H groups in total. The molecule has 24 heavy (non-hydrogen) atoms. The topological polar surface area (TPSA) is 41.6 Å². The number of carbonyl (C=O) groups is 1. The molecule has 1 saturated heterocycles. The third-order valence-corrected chi connectivity index (χ3v) is 3.95. The number of hydrogen-bond acceptors (Lipinski definition) is 2. The van der Waals surface area contributed by atoms with Crippen LogP contribution in [0.15, 0.2) is 24.3 Å². The van der Waals surface area contributed by atoms with Gasteiger partial charge >= 0.3 is 12.2 Å². The molecule has 0 aliphatic carbocycles. The number of rotatable bonds is 5. The van der Waals surface area contributed by atoms with Crippen LogP contribution in [0.5, 0.6) is 0 Å². The summed E-state index contributed by atoms with van der Waals surface area (Å²) < 4.78 is 40.6. The van der Waals surface area contributed by atoms with Gasteiger partial charge in [0.1, 0.15) is 6.61 Å². The Hall–Kier alpha value is -1.76. The number of ether oxygens (including phenoxy) is 1. The Kier molecular flexibility index (Phi) is 6.48. The second-order valence-electron chi connectivity index (χ2n) is 6.28. The first-order chi connectivity index (χ1) is 11.3. The first-order valence-electron chi connectivity index (χ1n) is 8.08. The first-order valence-corrected chi connectivity index (χ1v) is 8.08. The molecule has 0 aromatic heterocycles. The smallest absolute Gasteiger partial charge is 0.367 e.